The molecule has 0 aliphatic carbocycles. The SMILES string of the molecule is N#Cc1ccc2nc(COc3ccnc(N4CC[C@H](O)C4=O)c3)n(Cc3ccccc3OC(F)F)c2c1. The van der Waals surface area contributed by atoms with Crippen LogP contribution in [-0.2, 0) is 17.9 Å². The third-order valence-corrected chi connectivity index (χ3v) is 6.01. The predicted octanol–water partition coefficient (Wildman–Crippen LogP) is 3.63. The largest absolute Gasteiger partial charge is 0.485 e. The third-order valence-electron chi connectivity index (χ3n) is 6.01. The van der Waals surface area contributed by atoms with E-state index in [0.29, 0.717) is 52.5 Å². The first-order valence-electron chi connectivity index (χ1n) is 11.4. The van der Waals surface area contributed by atoms with Crippen molar-refractivity contribution >= 4 is 22.8 Å². The highest BCUT2D eigenvalue weighted by atomic mass is 19.3. The van der Waals surface area contributed by atoms with E-state index in [9.17, 15) is 23.9 Å². The van der Waals surface area contributed by atoms with Gasteiger partial charge in [-0.1, -0.05) is 18.2 Å². The third kappa shape index (κ3) is 5.05. The number of aliphatic hydroxyl groups excluding tert-OH is 1. The zero-order chi connectivity index (χ0) is 25.9. The van der Waals surface area contributed by atoms with E-state index in [1.165, 1.54) is 17.2 Å². The molecule has 5 rings (SSSR count). The monoisotopic (exact) mass is 505 g/mol. The Kier molecular flexibility index (Phi) is 6.66. The fourth-order valence-corrected chi connectivity index (χ4v) is 4.22. The zero-order valence-electron chi connectivity index (χ0n) is 19.4. The maximum Gasteiger partial charge on any atom is 0.387 e. The van der Waals surface area contributed by atoms with E-state index in [0.717, 1.165) is 0 Å². The number of hydrogen-bond donors (Lipinski definition) is 1. The van der Waals surface area contributed by atoms with E-state index in [1.54, 1.807) is 53.1 Å². The summed E-state index contributed by atoms with van der Waals surface area (Å²) < 4.78 is 38.4. The van der Waals surface area contributed by atoms with Crippen molar-refractivity contribution in [2.45, 2.75) is 32.3 Å². The minimum Gasteiger partial charge on any atom is -0.485 e. The number of aromatic nitrogens is 3. The number of rotatable bonds is 8. The van der Waals surface area contributed by atoms with Gasteiger partial charge in [-0.3, -0.25) is 9.69 Å². The van der Waals surface area contributed by atoms with Crippen LogP contribution < -0.4 is 14.4 Å². The number of aliphatic hydroxyl groups is 1. The predicted molar refractivity (Wildman–Crippen MR) is 128 cm³/mol. The van der Waals surface area contributed by atoms with Crippen LogP contribution in [-0.4, -0.2) is 44.8 Å². The number of alkyl halides is 2. The smallest absolute Gasteiger partial charge is 0.387 e. The Morgan fingerprint density at radius 1 is 1.19 bits per heavy atom. The molecule has 1 saturated heterocycles. The van der Waals surface area contributed by atoms with Gasteiger partial charge in [-0.05, 0) is 30.3 Å². The lowest BCUT2D eigenvalue weighted by Gasteiger charge is -2.16. The second-order valence-electron chi connectivity index (χ2n) is 8.35. The number of amides is 1. The number of ether oxygens (including phenoxy) is 2. The molecule has 37 heavy (non-hydrogen) atoms. The summed E-state index contributed by atoms with van der Waals surface area (Å²) in [6.45, 7) is -2.46. The van der Waals surface area contributed by atoms with Gasteiger partial charge in [-0.2, -0.15) is 14.0 Å². The minimum absolute atomic E-state index is 0.00840. The van der Waals surface area contributed by atoms with Gasteiger partial charge in [0, 0.05) is 30.8 Å². The number of fused-ring (bicyclic) bond motifs is 1. The van der Waals surface area contributed by atoms with Crippen LogP contribution in [0.3, 0.4) is 0 Å². The molecular formula is C26H21F2N5O4. The normalized spacial score (nSPS) is 15.4. The maximum atomic E-state index is 13.0. The Labute approximate surface area is 210 Å². The fourth-order valence-electron chi connectivity index (χ4n) is 4.22. The molecule has 1 aliphatic rings. The van der Waals surface area contributed by atoms with Crippen molar-refractivity contribution < 1.29 is 28.2 Å². The van der Waals surface area contributed by atoms with Crippen molar-refractivity contribution in [3.05, 3.63) is 77.7 Å². The van der Waals surface area contributed by atoms with Crippen molar-refractivity contribution in [2.75, 3.05) is 11.4 Å². The van der Waals surface area contributed by atoms with Crippen LogP contribution in [0, 0.1) is 11.3 Å². The average Bonchev–Trinajstić information content (AvgIpc) is 3.42. The second kappa shape index (κ2) is 10.2. The molecular weight excluding hydrogens is 484 g/mol. The first-order chi connectivity index (χ1) is 17.9. The number of para-hydroxylation sites is 1. The molecule has 4 aromatic rings. The number of anilines is 1. The molecule has 1 amide bonds. The minimum atomic E-state index is -2.97. The van der Waals surface area contributed by atoms with Gasteiger partial charge >= 0.3 is 6.61 Å². The molecule has 1 atom stereocenters. The van der Waals surface area contributed by atoms with Crippen molar-refractivity contribution in [3.63, 3.8) is 0 Å². The first kappa shape index (κ1) is 24.1. The van der Waals surface area contributed by atoms with Crippen LogP contribution in [0.15, 0.2) is 60.8 Å². The summed E-state index contributed by atoms with van der Waals surface area (Å²) in [6, 6.07) is 16.8. The Morgan fingerprint density at radius 2 is 2.03 bits per heavy atom. The van der Waals surface area contributed by atoms with Crippen molar-refractivity contribution in [3.8, 4) is 17.6 Å². The lowest BCUT2D eigenvalue weighted by Crippen LogP contribution is -2.29. The van der Waals surface area contributed by atoms with Gasteiger partial charge in [-0.15, -0.1) is 0 Å². The molecule has 11 heteroatoms. The molecule has 0 saturated carbocycles. The van der Waals surface area contributed by atoms with Crippen LogP contribution in [0.5, 0.6) is 11.5 Å². The Morgan fingerprint density at radius 3 is 2.78 bits per heavy atom. The van der Waals surface area contributed by atoms with Gasteiger partial charge in [0.15, 0.2) is 0 Å². The van der Waals surface area contributed by atoms with Gasteiger partial charge < -0.3 is 19.1 Å². The van der Waals surface area contributed by atoms with Gasteiger partial charge in [-0.25, -0.2) is 9.97 Å². The van der Waals surface area contributed by atoms with E-state index in [4.69, 9.17) is 9.47 Å². The van der Waals surface area contributed by atoms with Crippen molar-refractivity contribution in [2.24, 2.45) is 0 Å². The Hall–Kier alpha value is -4.56. The lowest BCUT2D eigenvalue weighted by atomic mass is 10.2. The molecule has 0 bridgehead atoms. The summed E-state index contributed by atoms with van der Waals surface area (Å²) in [4.78, 5) is 22.4. The molecule has 1 N–H and O–H groups in total. The molecule has 0 radical (unpaired) electrons. The molecule has 0 unspecified atom stereocenters. The highest BCUT2D eigenvalue weighted by molar-refractivity contribution is 5.97. The lowest BCUT2D eigenvalue weighted by molar-refractivity contribution is -0.124. The van der Waals surface area contributed by atoms with E-state index < -0.39 is 18.6 Å². The highest BCUT2D eigenvalue weighted by Gasteiger charge is 2.31. The van der Waals surface area contributed by atoms with Crippen LogP contribution in [0.4, 0.5) is 14.6 Å². The molecule has 2 aromatic heterocycles. The number of carbonyl (C=O) groups is 1. The Bertz CT molecular complexity index is 1500. The van der Waals surface area contributed by atoms with E-state index in [2.05, 4.69) is 16.0 Å². The van der Waals surface area contributed by atoms with Gasteiger partial charge in [0.25, 0.3) is 5.91 Å². The van der Waals surface area contributed by atoms with Gasteiger partial charge in [0.1, 0.15) is 35.9 Å². The fraction of sp³-hybridized carbons (Fsp3) is 0.231. The summed E-state index contributed by atoms with van der Waals surface area (Å²) in [7, 11) is 0. The van der Waals surface area contributed by atoms with E-state index >= 15 is 0 Å². The second-order valence-corrected chi connectivity index (χ2v) is 8.35. The zero-order valence-corrected chi connectivity index (χ0v) is 19.4. The quantitative estimate of drug-likeness (QED) is 0.389. The molecule has 1 aliphatic heterocycles. The average molecular weight is 505 g/mol. The molecule has 0 spiro atoms. The summed E-state index contributed by atoms with van der Waals surface area (Å²) >= 11 is 0. The van der Waals surface area contributed by atoms with E-state index in [-0.39, 0.29) is 18.9 Å². The number of nitrogens with zero attached hydrogens (tertiary/aromatic N) is 5. The summed E-state index contributed by atoms with van der Waals surface area (Å²) in [6.07, 6.45) is 0.793. The molecule has 1 fully saturated rings. The molecule has 3 heterocycles. The number of nitriles is 1. The van der Waals surface area contributed by atoms with Gasteiger partial charge in [0.05, 0.1) is 29.2 Å². The van der Waals surface area contributed by atoms with Crippen LogP contribution in [0.25, 0.3) is 11.0 Å². The number of pyridine rings is 1. The van der Waals surface area contributed by atoms with Crippen molar-refractivity contribution in [1.29, 1.82) is 5.26 Å². The highest BCUT2D eigenvalue weighted by Crippen LogP contribution is 2.27. The standard InChI is InChI=1S/C26H21F2N5O4/c27-26(28)37-22-4-2-1-3-17(22)14-33-20-11-16(13-29)5-6-19(20)31-24(33)15-36-18-7-9-30-23(12-18)32-10-8-21(34)25(32)35/h1-7,9,11-12,21,26,34H,8,10,14-15H2/t21-/m0/s1. The number of carbonyl (C=O) groups excluding carboxylic acids is 1. The molecule has 188 valence electrons. The topological polar surface area (TPSA) is 114 Å². The first-order valence-corrected chi connectivity index (χ1v) is 11.4. The summed E-state index contributed by atoms with van der Waals surface area (Å²) in [5.74, 6) is 0.910. The Balaban J connectivity index is 1.46. The molecule has 2 aromatic carbocycles. The maximum absolute atomic E-state index is 13.0. The molecule has 9 nitrogen and oxygen atoms in total. The van der Waals surface area contributed by atoms with Crippen molar-refractivity contribution in [1.82, 2.24) is 14.5 Å². The van der Waals surface area contributed by atoms with Crippen LogP contribution in [0.2, 0.25) is 0 Å². The van der Waals surface area contributed by atoms with Gasteiger partial charge in [0.2, 0.25) is 0 Å². The van der Waals surface area contributed by atoms with Crippen LogP contribution >= 0.6 is 0 Å². The van der Waals surface area contributed by atoms with Crippen LogP contribution in [0.1, 0.15) is 23.4 Å². The number of benzene rings is 2. The van der Waals surface area contributed by atoms with E-state index in [1.807, 2.05) is 0 Å². The summed E-state index contributed by atoms with van der Waals surface area (Å²) in [5.41, 5.74) is 2.17. The summed E-state index contributed by atoms with van der Waals surface area (Å²) in [5, 5.41) is 19.1. The number of halogens is 2. The number of hydrogen-bond acceptors (Lipinski definition) is 7. The number of imidazole rings is 1.